The summed E-state index contributed by atoms with van der Waals surface area (Å²) < 4.78 is 1.21. The van der Waals surface area contributed by atoms with E-state index in [4.69, 9.17) is 4.99 Å². The standard InChI is InChI=1S/C20H31BrN4.HI/c1-3-22-19(23-14-16-8-12-25(2)13-9-16)24-15-20(10-11-20)17-6-4-5-7-18(17)21;/h4-7,16H,3,8-15H2,1-2H3,(H2,22,23,24);1H. The third kappa shape index (κ3) is 5.83. The Labute approximate surface area is 183 Å². The van der Waals surface area contributed by atoms with Crippen LogP contribution >= 0.6 is 39.9 Å². The third-order valence-electron chi connectivity index (χ3n) is 5.58. The molecule has 2 fully saturated rings. The van der Waals surface area contributed by atoms with E-state index in [-0.39, 0.29) is 29.4 Å². The van der Waals surface area contributed by atoms with Crippen LogP contribution in [0.25, 0.3) is 0 Å². The minimum Gasteiger partial charge on any atom is -0.357 e. The molecule has 3 rings (SSSR count). The van der Waals surface area contributed by atoms with Crippen LogP contribution in [0.2, 0.25) is 0 Å². The van der Waals surface area contributed by atoms with Gasteiger partial charge < -0.3 is 15.5 Å². The molecular formula is C20H32BrIN4. The quantitative estimate of drug-likeness (QED) is 0.329. The smallest absolute Gasteiger partial charge is 0.191 e. The van der Waals surface area contributed by atoms with E-state index in [1.807, 2.05) is 0 Å². The van der Waals surface area contributed by atoms with Gasteiger partial charge >= 0.3 is 0 Å². The zero-order valence-electron chi connectivity index (χ0n) is 15.9. The van der Waals surface area contributed by atoms with Gasteiger partial charge in [0.05, 0.1) is 6.54 Å². The van der Waals surface area contributed by atoms with Crippen molar-refractivity contribution in [3.63, 3.8) is 0 Å². The minimum absolute atomic E-state index is 0. The van der Waals surface area contributed by atoms with Crippen molar-refractivity contribution in [3.05, 3.63) is 34.3 Å². The van der Waals surface area contributed by atoms with Crippen molar-refractivity contribution in [2.75, 3.05) is 39.8 Å². The monoisotopic (exact) mass is 534 g/mol. The number of nitrogens with one attached hydrogen (secondary N) is 2. The first kappa shape index (κ1) is 22.0. The largest absolute Gasteiger partial charge is 0.357 e. The summed E-state index contributed by atoms with van der Waals surface area (Å²) in [7, 11) is 2.21. The average Bonchev–Trinajstić information content (AvgIpc) is 3.40. The maximum absolute atomic E-state index is 4.93. The Morgan fingerprint density at radius 2 is 1.92 bits per heavy atom. The van der Waals surface area contributed by atoms with Gasteiger partial charge in [0, 0.05) is 23.0 Å². The molecule has 0 amide bonds. The molecule has 1 aliphatic carbocycles. The number of nitrogens with zero attached hydrogens (tertiary/aromatic N) is 2. The van der Waals surface area contributed by atoms with E-state index in [0.717, 1.165) is 31.5 Å². The number of likely N-dealkylation sites (tertiary alicyclic amines) is 1. The lowest BCUT2D eigenvalue weighted by Gasteiger charge is -2.29. The number of halogens is 2. The highest BCUT2D eigenvalue weighted by atomic mass is 127. The molecule has 1 aromatic carbocycles. The lowest BCUT2D eigenvalue weighted by atomic mass is 9.96. The van der Waals surface area contributed by atoms with Gasteiger partial charge in [-0.25, -0.2) is 0 Å². The Morgan fingerprint density at radius 1 is 1.23 bits per heavy atom. The summed E-state index contributed by atoms with van der Waals surface area (Å²) in [6.45, 7) is 7.35. The highest BCUT2D eigenvalue weighted by Gasteiger charge is 2.45. The first-order chi connectivity index (χ1) is 12.1. The Bertz CT molecular complexity index is 595. The van der Waals surface area contributed by atoms with Gasteiger partial charge in [-0.05, 0) is 70.3 Å². The fourth-order valence-corrected chi connectivity index (χ4v) is 4.34. The predicted molar refractivity (Wildman–Crippen MR) is 125 cm³/mol. The lowest BCUT2D eigenvalue weighted by Crippen LogP contribution is -2.42. The second-order valence-corrected chi connectivity index (χ2v) is 8.44. The van der Waals surface area contributed by atoms with Gasteiger partial charge in [-0.3, -0.25) is 4.99 Å². The first-order valence-corrected chi connectivity index (χ1v) is 10.4. The molecule has 0 unspecified atom stereocenters. The van der Waals surface area contributed by atoms with Crippen molar-refractivity contribution in [2.24, 2.45) is 10.9 Å². The molecule has 0 radical (unpaired) electrons. The highest BCUT2D eigenvalue weighted by Crippen LogP contribution is 2.50. The molecule has 0 atom stereocenters. The molecule has 0 spiro atoms. The van der Waals surface area contributed by atoms with Crippen LogP contribution in [-0.2, 0) is 5.41 Å². The van der Waals surface area contributed by atoms with Crippen molar-refractivity contribution in [1.82, 2.24) is 15.5 Å². The molecule has 1 saturated heterocycles. The Hall–Kier alpha value is -0.340. The van der Waals surface area contributed by atoms with E-state index in [0.29, 0.717) is 0 Å². The number of piperidine rings is 1. The lowest BCUT2D eigenvalue weighted by molar-refractivity contribution is 0.220. The van der Waals surface area contributed by atoms with Gasteiger partial charge in [0.15, 0.2) is 5.96 Å². The zero-order valence-corrected chi connectivity index (χ0v) is 19.8. The van der Waals surface area contributed by atoms with Crippen LogP contribution in [-0.4, -0.2) is 50.6 Å². The number of hydrogen-bond acceptors (Lipinski definition) is 2. The molecule has 1 saturated carbocycles. The molecule has 2 N–H and O–H groups in total. The predicted octanol–water partition coefficient (Wildman–Crippen LogP) is 4.00. The Balaban J connectivity index is 0.00000243. The van der Waals surface area contributed by atoms with Crippen LogP contribution in [0.1, 0.15) is 38.2 Å². The van der Waals surface area contributed by atoms with Crippen LogP contribution in [0, 0.1) is 5.92 Å². The van der Waals surface area contributed by atoms with Crippen LogP contribution in [0.5, 0.6) is 0 Å². The molecule has 0 aromatic heterocycles. The van der Waals surface area contributed by atoms with Gasteiger partial charge in [0.1, 0.15) is 0 Å². The maximum atomic E-state index is 4.93. The topological polar surface area (TPSA) is 39.7 Å². The Kier molecular flexibility index (Phi) is 8.67. The summed E-state index contributed by atoms with van der Waals surface area (Å²) in [5.74, 6) is 1.73. The average molecular weight is 535 g/mol. The number of rotatable bonds is 6. The van der Waals surface area contributed by atoms with Crippen LogP contribution < -0.4 is 10.6 Å². The van der Waals surface area contributed by atoms with Crippen molar-refractivity contribution in [1.29, 1.82) is 0 Å². The summed E-state index contributed by atoms with van der Waals surface area (Å²) in [5, 5.41) is 6.99. The maximum Gasteiger partial charge on any atom is 0.191 e. The van der Waals surface area contributed by atoms with Crippen molar-refractivity contribution in [2.45, 2.75) is 38.0 Å². The van der Waals surface area contributed by atoms with Crippen LogP contribution in [0.4, 0.5) is 0 Å². The molecule has 26 heavy (non-hydrogen) atoms. The van der Waals surface area contributed by atoms with E-state index in [1.165, 1.54) is 48.8 Å². The van der Waals surface area contributed by atoms with Gasteiger partial charge in [0.25, 0.3) is 0 Å². The Morgan fingerprint density at radius 3 is 2.54 bits per heavy atom. The van der Waals surface area contributed by atoms with E-state index in [2.05, 4.69) is 69.7 Å². The SMILES string of the molecule is CCNC(=NCC1(c2ccccc2Br)CC1)NCC1CCN(C)CC1.I. The van der Waals surface area contributed by atoms with E-state index < -0.39 is 0 Å². The zero-order chi connectivity index (χ0) is 17.7. The first-order valence-electron chi connectivity index (χ1n) is 9.59. The van der Waals surface area contributed by atoms with Crippen LogP contribution in [0.15, 0.2) is 33.7 Å². The number of aliphatic imine (C=N–C) groups is 1. The summed E-state index contributed by atoms with van der Waals surface area (Å²) in [6, 6.07) is 8.60. The molecule has 1 aromatic rings. The van der Waals surface area contributed by atoms with Crippen molar-refractivity contribution in [3.8, 4) is 0 Å². The molecule has 6 heteroatoms. The summed E-state index contributed by atoms with van der Waals surface area (Å²) in [5.41, 5.74) is 1.64. The second kappa shape index (κ2) is 10.3. The fourth-order valence-electron chi connectivity index (χ4n) is 3.63. The molecule has 2 aliphatic rings. The summed E-state index contributed by atoms with van der Waals surface area (Å²) in [6.07, 6.45) is 5.02. The number of benzene rings is 1. The summed E-state index contributed by atoms with van der Waals surface area (Å²) >= 11 is 3.71. The molecule has 0 bridgehead atoms. The van der Waals surface area contributed by atoms with E-state index in [9.17, 15) is 0 Å². The van der Waals surface area contributed by atoms with E-state index >= 15 is 0 Å². The van der Waals surface area contributed by atoms with Gasteiger partial charge in [0.2, 0.25) is 0 Å². The molecule has 146 valence electrons. The normalized spacial score (nSPS) is 20.3. The van der Waals surface area contributed by atoms with Gasteiger partial charge in [-0.2, -0.15) is 0 Å². The van der Waals surface area contributed by atoms with Crippen LogP contribution in [0.3, 0.4) is 0 Å². The van der Waals surface area contributed by atoms with E-state index in [1.54, 1.807) is 0 Å². The van der Waals surface area contributed by atoms with Crippen molar-refractivity contribution < 1.29 is 0 Å². The molecular weight excluding hydrogens is 503 g/mol. The summed E-state index contributed by atoms with van der Waals surface area (Å²) in [4.78, 5) is 7.35. The van der Waals surface area contributed by atoms with Gasteiger partial charge in [-0.1, -0.05) is 34.1 Å². The minimum atomic E-state index is 0. The molecule has 1 heterocycles. The molecule has 4 nitrogen and oxygen atoms in total. The number of hydrogen-bond donors (Lipinski definition) is 2. The van der Waals surface area contributed by atoms with Crippen molar-refractivity contribution >= 4 is 45.9 Å². The highest BCUT2D eigenvalue weighted by molar-refractivity contribution is 14.0. The fraction of sp³-hybridized carbons (Fsp3) is 0.650. The molecule has 1 aliphatic heterocycles. The third-order valence-corrected chi connectivity index (χ3v) is 6.27. The number of guanidine groups is 1. The van der Waals surface area contributed by atoms with Gasteiger partial charge in [-0.15, -0.1) is 24.0 Å². The second-order valence-electron chi connectivity index (χ2n) is 7.58.